The van der Waals surface area contributed by atoms with Gasteiger partial charge in [0.25, 0.3) is 0 Å². The Morgan fingerprint density at radius 2 is 1.62 bits per heavy atom. The van der Waals surface area contributed by atoms with Crippen LogP contribution in [0, 0.1) is 20.8 Å². The van der Waals surface area contributed by atoms with Crippen LogP contribution in [0.2, 0.25) is 0 Å². The summed E-state index contributed by atoms with van der Waals surface area (Å²) in [4.78, 5) is 12.5. The number of carbonyl (C=O) groups is 1. The van der Waals surface area contributed by atoms with Crippen LogP contribution < -0.4 is 10.0 Å². The fraction of sp³-hybridized carbons (Fsp3) is 0.235. The van der Waals surface area contributed by atoms with Crippen molar-refractivity contribution >= 4 is 38.3 Å². The molecule has 0 bridgehead atoms. The SMILES string of the molecule is COc1ccc(PC(=O)c2c(C)cccc2C)c(C)c1.[Li]. The molecule has 0 aromatic heterocycles. The predicted octanol–water partition coefficient (Wildman–Crippen LogP) is 3.38. The van der Waals surface area contributed by atoms with Gasteiger partial charge in [-0.1, -0.05) is 24.3 Å². The van der Waals surface area contributed by atoms with E-state index in [1.54, 1.807) is 7.11 Å². The van der Waals surface area contributed by atoms with Crippen molar-refractivity contribution < 1.29 is 9.53 Å². The average Bonchev–Trinajstić information content (AvgIpc) is 2.41. The summed E-state index contributed by atoms with van der Waals surface area (Å²) in [6, 6.07) is 11.8. The van der Waals surface area contributed by atoms with Crippen LogP contribution >= 0.6 is 8.58 Å². The number of benzene rings is 2. The summed E-state index contributed by atoms with van der Waals surface area (Å²) in [7, 11) is 1.80. The Bertz CT molecular complexity index is 633. The molecule has 2 aromatic rings. The third kappa shape index (κ3) is 4.21. The Morgan fingerprint density at radius 1 is 1.00 bits per heavy atom. The standard InChI is InChI=1S/C17H19O2P.Li/c1-11-6-5-7-12(2)16(11)17(18)20-15-9-8-14(19-4)10-13(15)3;/h5-10,20H,1-4H3;. The molecule has 2 rings (SSSR count). The Kier molecular flexibility index (Phi) is 6.69. The van der Waals surface area contributed by atoms with Gasteiger partial charge < -0.3 is 4.74 Å². The van der Waals surface area contributed by atoms with Gasteiger partial charge in [0.05, 0.1) is 7.11 Å². The van der Waals surface area contributed by atoms with Crippen molar-refractivity contribution in [3.05, 3.63) is 58.7 Å². The molecule has 0 heterocycles. The second-order valence-electron chi connectivity index (χ2n) is 4.90. The second-order valence-corrected chi connectivity index (χ2v) is 6.14. The van der Waals surface area contributed by atoms with Gasteiger partial charge >= 0.3 is 0 Å². The van der Waals surface area contributed by atoms with Crippen molar-refractivity contribution in [3.63, 3.8) is 0 Å². The van der Waals surface area contributed by atoms with E-state index in [9.17, 15) is 4.79 Å². The Morgan fingerprint density at radius 3 is 2.14 bits per heavy atom. The van der Waals surface area contributed by atoms with E-state index in [0.29, 0.717) is 0 Å². The smallest absolute Gasteiger partial charge is 0.186 e. The summed E-state index contributed by atoms with van der Waals surface area (Å²) in [5, 5.41) is 1.08. The van der Waals surface area contributed by atoms with Crippen LogP contribution in [0.1, 0.15) is 27.0 Å². The summed E-state index contributed by atoms with van der Waals surface area (Å²) in [6.45, 7) is 6.00. The van der Waals surface area contributed by atoms with E-state index in [1.165, 1.54) is 0 Å². The van der Waals surface area contributed by atoms with E-state index in [2.05, 4.69) is 0 Å². The molecule has 2 nitrogen and oxygen atoms in total. The minimum Gasteiger partial charge on any atom is -0.497 e. The summed E-state index contributed by atoms with van der Waals surface area (Å²) >= 11 is 0. The van der Waals surface area contributed by atoms with Gasteiger partial charge in [-0.3, -0.25) is 4.79 Å². The zero-order valence-corrected chi connectivity index (χ0v) is 14.3. The Labute approximate surface area is 140 Å². The van der Waals surface area contributed by atoms with Crippen molar-refractivity contribution in [1.29, 1.82) is 0 Å². The fourth-order valence-corrected chi connectivity index (χ4v) is 3.46. The van der Waals surface area contributed by atoms with Gasteiger partial charge in [0.1, 0.15) is 5.75 Å². The molecule has 0 saturated heterocycles. The van der Waals surface area contributed by atoms with Crippen LogP contribution in [0.3, 0.4) is 0 Å². The number of ether oxygens (including phenoxy) is 1. The molecule has 0 aliphatic heterocycles. The van der Waals surface area contributed by atoms with Gasteiger partial charge in [-0.05, 0) is 63.5 Å². The van der Waals surface area contributed by atoms with Gasteiger partial charge in [0, 0.05) is 24.4 Å². The number of carbonyl (C=O) groups excluding carboxylic acids is 1. The van der Waals surface area contributed by atoms with Gasteiger partial charge in [-0.2, -0.15) is 0 Å². The molecule has 0 fully saturated rings. The molecule has 0 saturated carbocycles. The molecule has 21 heavy (non-hydrogen) atoms. The molecule has 105 valence electrons. The molecule has 4 heteroatoms. The molecule has 1 atom stereocenters. The van der Waals surface area contributed by atoms with Crippen LogP contribution in [0.5, 0.6) is 5.75 Å². The largest absolute Gasteiger partial charge is 0.497 e. The maximum atomic E-state index is 12.5. The predicted molar refractivity (Wildman–Crippen MR) is 91.7 cm³/mol. The zero-order valence-electron chi connectivity index (χ0n) is 13.3. The third-order valence-corrected chi connectivity index (χ3v) is 4.70. The van der Waals surface area contributed by atoms with Crippen molar-refractivity contribution in [2.75, 3.05) is 7.11 Å². The minimum atomic E-state index is 0. The van der Waals surface area contributed by atoms with E-state index in [1.807, 2.05) is 57.2 Å². The van der Waals surface area contributed by atoms with Crippen molar-refractivity contribution in [1.82, 2.24) is 0 Å². The van der Waals surface area contributed by atoms with E-state index >= 15 is 0 Å². The fourth-order valence-electron chi connectivity index (χ4n) is 2.26. The molecule has 0 aliphatic carbocycles. The first kappa shape index (κ1) is 18.0. The monoisotopic (exact) mass is 293 g/mol. The van der Waals surface area contributed by atoms with Crippen LogP contribution in [-0.2, 0) is 0 Å². The quantitative estimate of drug-likeness (QED) is 0.638. The van der Waals surface area contributed by atoms with Crippen LogP contribution in [-0.4, -0.2) is 31.5 Å². The van der Waals surface area contributed by atoms with Crippen molar-refractivity contribution in [3.8, 4) is 5.75 Å². The molecule has 0 amide bonds. The molecule has 0 spiro atoms. The number of methoxy groups -OCH3 is 1. The van der Waals surface area contributed by atoms with E-state index in [4.69, 9.17) is 4.74 Å². The van der Waals surface area contributed by atoms with E-state index in [0.717, 1.165) is 33.3 Å². The second kappa shape index (κ2) is 7.81. The zero-order chi connectivity index (χ0) is 14.7. The summed E-state index contributed by atoms with van der Waals surface area (Å²) < 4.78 is 5.20. The number of rotatable bonds is 4. The van der Waals surface area contributed by atoms with Gasteiger partial charge in [-0.15, -0.1) is 0 Å². The van der Waals surface area contributed by atoms with Gasteiger partial charge in [-0.25, -0.2) is 0 Å². The average molecular weight is 293 g/mol. The maximum Gasteiger partial charge on any atom is 0.186 e. The molecule has 0 N–H and O–H groups in total. The van der Waals surface area contributed by atoms with Crippen molar-refractivity contribution in [2.45, 2.75) is 20.8 Å². The van der Waals surface area contributed by atoms with Crippen LogP contribution in [0.4, 0.5) is 0 Å². The summed E-state index contributed by atoms with van der Waals surface area (Å²) in [6.07, 6.45) is 0. The summed E-state index contributed by atoms with van der Waals surface area (Å²) in [5.41, 5.74) is 4.26. The maximum absolute atomic E-state index is 12.5. The van der Waals surface area contributed by atoms with Gasteiger partial charge in [0.15, 0.2) is 5.52 Å². The first-order valence-corrected chi connectivity index (χ1v) is 7.55. The molecule has 1 unspecified atom stereocenters. The first-order valence-electron chi connectivity index (χ1n) is 6.55. The van der Waals surface area contributed by atoms with Crippen LogP contribution in [0.25, 0.3) is 0 Å². The molecular formula is C17H19LiO2P. The topological polar surface area (TPSA) is 26.3 Å². The Hall–Kier alpha value is -1.06. The van der Waals surface area contributed by atoms with Gasteiger partial charge in [0.2, 0.25) is 0 Å². The Balaban J connectivity index is 0.00000220. The molecule has 0 aliphatic rings. The van der Waals surface area contributed by atoms with E-state index in [-0.39, 0.29) is 33.0 Å². The number of hydrogen-bond donors (Lipinski definition) is 0. The normalized spacial score (nSPS) is 10.5. The van der Waals surface area contributed by atoms with Crippen molar-refractivity contribution in [2.24, 2.45) is 0 Å². The number of hydrogen-bond acceptors (Lipinski definition) is 2. The summed E-state index contributed by atoms with van der Waals surface area (Å²) in [5.74, 6) is 0.829. The van der Waals surface area contributed by atoms with E-state index < -0.39 is 0 Å². The van der Waals surface area contributed by atoms with Crippen LogP contribution in [0.15, 0.2) is 36.4 Å². The third-order valence-electron chi connectivity index (χ3n) is 3.39. The first-order chi connectivity index (χ1) is 9.52. The number of aryl methyl sites for hydroxylation is 3. The minimum absolute atomic E-state index is 0. The molecule has 2 aromatic carbocycles. The molecular weight excluding hydrogens is 274 g/mol. The molecule has 1 radical (unpaired) electrons.